The highest BCUT2D eigenvalue weighted by molar-refractivity contribution is 6.12. The van der Waals surface area contributed by atoms with Gasteiger partial charge in [0.05, 0.1) is 6.54 Å². The van der Waals surface area contributed by atoms with Gasteiger partial charge in [0.25, 0.3) is 11.8 Å². The third-order valence-electron chi connectivity index (χ3n) is 5.76. The summed E-state index contributed by atoms with van der Waals surface area (Å²) in [5.74, 6) is -2.36. The van der Waals surface area contributed by atoms with E-state index >= 15 is 0 Å². The lowest BCUT2D eigenvalue weighted by molar-refractivity contribution is -0.136. The van der Waals surface area contributed by atoms with Crippen molar-refractivity contribution in [2.24, 2.45) is 11.7 Å². The number of carbonyl (C=O) groups excluding carboxylic acids is 7. The molecule has 1 aliphatic heterocycles. The predicted molar refractivity (Wildman–Crippen MR) is 165 cm³/mol. The highest BCUT2D eigenvalue weighted by Gasteiger charge is 2.25. The molecule has 0 bridgehead atoms. The normalized spacial score (nSPS) is 12.2. The Morgan fingerprint density at radius 3 is 2.02 bits per heavy atom. The molecule has 0 radical (unpaired) electrons. The maximum atomic E-state index is 12.6. The van der Waals surface area contributed by atoms with E-state index in [2.05, 4.69) is 26.0 Å². The van der Waals surface area contributed by atoms with Gasteiger partial charge in [-0.1, -0.05) is 46.8 Å². The van der Waals surface area contributed by atoms with E-state index in [4.69, 9.17) is 5.73 Å². The molecule has 1 aliphatic rings. The van der Waals surface area contributed by atoms with Crippen LogP contribution in [-0.2, 0) is 35.3 Å². The molecule has 1 atom stereocenters. The van der Waals surface area contributed by atoms with E-state index in [1.54, 1.807) is 26.0 Å². The largest absolute Gasteiger partial charge is 0.495 e. The van der Waals surface area contributed by atoms with Crippen molar-refractivity contribution in [1.82, 2.24) is 20.9 Å². The molecule has 1 aromatic rings. The molecule has 0 aliphatic carbocycles. The van der Waals surface area contributed by atoms with Crippen LogP contribution in [0.2, 0.25) is 0 Å². The van der Waals surface area contributed by atoms with Crippen LogP contribution in [0.25, 0.3) is 0 Å². The number of urea groups is 1. The molecule has 1 heterocycles. The fraction of sp³-hybridized carbons (Fsp3) is 0.500. The van der Waals surface area contributed by atoms with E-state index in [0.717, 1.165) is 11.3 Å². The van der Waals surface area contributed by atoms with Crippen LogP contribution in [0.3, 0.4) is 0 Å². The fourth-order valence-electron chi connectivity index (χ4n) is 3.54. The summed E-state index contributed by atoms with van der Waals surface area (Å²) in [6, 6.07) is 4.85. The van der Waals surface area contributed by atoms with Crippen molar-refractivity contribution in [2.45, 2.75) is 73.0 Å². The van der Waals surface area contributed by atoms with Gasteiger partial charge in [0, 0.05) is 37.3 Å². The number of anilines is 1. The monoisotopic (exact) mass is 636 g/mol. The van der Waals surface area contributed by atoms with E-state index in [0.29, 0.717) is 30.6 Å². The number of carbonyl (C=O) groups is 7. The summed E-state index contributed by atoms with van der Waals surface area (Å²) in [4.78, 5) is 81.2. The second-order valence-corrected chi connectivity index (χ2v) is 9.69. The zero-order chi connectivity index (χ0) is 34.4. The molecule has 14 nitrogen and oxygen atoms in total. The predicted octanol–water partition coefficient (Wildman–Crippen LogP) is 2.67. The number of halogens is 1. The zero-order valence-corrected chi connectivity index (χ0v) is 26.4. The molecule has 0 aromatic heterocycles. The maximum Gasteiger partial charge on any atom is 0.495 e. The van der Waals surface area contributed by atoms with Gasteiger partial charge in [0.15, 0.2) is 0 Å². The summed E-state index contributed by atoms with van der Waals surface area (Å²) in [5, 5.41) is 10.2. The van der Waals surface area contributed by atoms with Crippen molar-refractivity contribution >= 4 is 47.5 Å². The summed E-state index contributed by atoms with van der Waals surface area (Å²) in [6.07, 6.45) is 2.44. The Bertz CT molecular complexity index is 1160. The molecule has 250 valence electrons. The number of primary amides is 1. The van der Waals surface area contributed by atoms with Crippen LogP contribution in [0.15, 0.2) is 36.4 Å². The maximum absolute atomic E-state index is 12.6. The van der Waals surface area contributed by atoms with Crippen LogP contribution < -0.4 is 27.0 Å². The van der Waals surface area contributed by atoms with Gasteiger partial charge in [-0.15, -0.1) is 4.39 Å². The molecule has 45 heavy (non-hydrogen) atoms. The Labute approximate surface area is 262 Å². The van der Waals surface area contributed by atoms with Crippen LogP contribution in [0, 0.1) is 5.92 Å². The fourth-order valence-corrected chi connectivity index (χ4v) is 3.54. The number of hydrogen-bond donors (Lipinski definition) is 5. The van der Waals surface area contributed by atoms with Crippen molar-refractivity contribution in [1.29, 1.82) is 0 Å². The van der Waals surface area contributed by atoms with E-state index < -0.39 is 30.1 Å². The van der Waals surface area contributed by atoms with Crippen molar-refractivity contribution in [2.75, 3.05) is 25.0 Å². The second kappa shape index (κ2) is 22.7. The Balaban J connectivity index is 0.00000189. The summed E-state index contributed by atoms with van der Waals surface area (Å²) < 4.78 is 16.4. The first-order valence-corrected chi connectivity index (χ1v) is 14.7. The van der Waals surface area contributed by atoms with Gasteiger partial charge in [-0.25, -0.2) is 9.59 Å². The summed E-state index contributed by atoms with van der Waals surface area (Å²) in [7, 11) is 0. The molecule has 0 saturated carbocycles. The van der Waals surface area contributed by atoms with Crippen LogP contribution >= 0.6 is 0 Å². The number of hydrogen-bond acceptors (Lipinski definition) is 8. The lowest BCUT2D eigenvalue weighted by atomic mass is 10.0. The van der Waals surface area contributed by atoms with Gasteiger partial charge < -0.3 is 31.7 Å². The molecule has 0 spiro atoms. The third kappa shape index (κ3) is 17.8. The van der Waals surface area contributed by atoms with Crippen molar-refractivity contribution in [3.8, 4) is 0 Å². The number of benzene rings is 1. The van der Waals surface area contributed by atoms with Gasteiger partial charge in [-0.2, -0.15) is 0 Å². The SMILES string of the molecule is CC.CC(C)C(NC(=O)CCCCN1C(=O)C=CC1=O)C(=O)NCC(=O)Nc1ccc(COC(=O)F)cc1.CCCNC(N)=O. The highest BCUT2D eigenvalue weighted by Crippen LogP contribution is 2.11. The molecule has 2 rings (SSSR count). The number of nitrogens with zero attached hydrogens (tertiary/aromatic N) is 1. The standard InChI is InChI=1S/C24H29FN4O7.C4H10N2O.C2H6/c1-15(2)22(28-18(30)5-3-4-12-29-20(32)10-11-21(29)33)23(34)26-13-19(31)27-17-8-6-16(7-9-17)14-36-24(25)35;1-2-3-6-4(5)7;1-2/h6-11,15,22H,3-5,12-14H2,1-2H3,(H,26,34)(H,27,31)(H,28,30);2-3H2,1H3,(H3,5,6,7);1-2H3. The minimum Gasteiger partial charge on any atom is -0.435 e. The van der Waals surface area contributed by atoms with Gasteiger partial charge >= 0.3 is 12.3 Å². The van der Waals surface area contributed by atoms with Gasteiger partial charge in [0.1, 0.15) is 12.6 Å². The van der Waals surface area contributed by atoms with Gasteiger partial charge in [-0.05, 0) is 42.9 Å². The van der Waals surface area contributed by atoms with Crippen molar-refractivity contribution in [3.63, 3.8) is 0 Å². The first-order chi connectivity index (χ1) is 21.3. The Hall–Kier alpha value is -4.82. The first kappa shape index (κ1) is 40.2. The average molecular weight is 637 g/mol. The first-order valence-electron chi connectivity index (χ1n) is 14.7. The number of nitrogens with two attached hydrogens (primary N) is 1. The minimum atomic E-state index is -1.88. The lowest BCUT2D eigenvalue weighted by Gasteiger charge is -2.22. The number of unbranched alkanes of at least 4 members (excludes halogenated alkanes) is 1. The van der Waals surface area contributed by atoms with E-state index in [1.807, 2.05) is 20.8 Å². The topological polar surface area (TPSA) is 206 Å². The molecule has 0 fully saturated rings. The van der Waals surface area contributed by atoms with Crippen molar-refractivity contribution < 1.29 is 42.7 Å². The van der Waals surface area contributed by atoms with Crippen LogP contribution in [0.5, 0.6) is 0 Å². The summed E-state index contributed by atoms with van der Waals surface area (Å²) in [6.45, 7) is 9.80. The quantitative estimate of drug-likeness (QED) is 0.110. The average Bonchev–Trinajstić information content (AvgIpc) is 3.32. The third-order valence-corrected chi connectivity index (χ3v) is 5.76. The van der Waals surface area contributed by atoms with E-state index in [9.17, 15) is 38.0 Å². The Kier molecular flexibility index (Phi) is 20.3. The number of imide groups is 1. The van der Waals surface area contributed by atoms with Crippen LogP contribution in [-0.4, -0.2) is 72.4 Å². The number of nitrogens with one attached hydrogen (secondary N) is 4. The molecule has 0 saturated heterocycles. The van der Waals surface area contributed by atoms with Crippen molar-refractivity contribution in [3.05, 3.63) is 42.0 Å². The molecule has 7 amide bonds. The van der Waals surface area contributed by atoms with Crippen LogP contribution in [0.4, 0.5) is 19.7 Å². The molecule has 1 unspecified atom stereocenters. The smallest absolute Gasteiger partial charge is 0.435 e. The molecule has 6 N–H and O–H groups in total. The van der Waals surface area contributed by atoms with E-state index in [1.165, 1.54) is 24.3 Å². The molecular formula is C30H45FN6O8. The van der Waals surface area contributed by atoms with Crippen LogP contribution in [0.1, 0.15) is 65.9 Å². The zero-order valence-electron chi connectivity index (χ0n) is 26.4. The minimum absolute atomic E-state index is 0.112. The van der Waals surface area contributed by atoms with E-state index in [-0.39, 0.29) is 49.8 Å². The number of amides is 7. The molecule has 1 aromatic carbocycles. The summed E-state index contributed by atoms with van der Waals surface area (Å²) >= 11 is 0. The van der Waals surface area contributed by atoms with Gasteiger partial charge in [0.2, 0.25) is 17.7 Å². The molecular weight excluding hydrogens is 591 g/mol. The summed E-state index contributed by atoms with van der Waals surface area (Å²) in [5.41, 5.74) is 5.68. The Morgan fingerprint density at radius 1 is 0.933 bits per heavy atom. The number of ether oxygens (including phenoxy) is 1. The van der Waals surface area contributed by atoms with Gasteiger partial charge in [-0.3, -0.25) is 28.9 Å². The highest BCUT2D eigenvalue weighted by atomic mass is 19.1. The second-order valence-electron chi connectivity index (χ2n) is 9.69. The lowest BCUT2D eigenvalue weighted by Crippen LogP contribution is -2.51. The number of rotatable bonds is 15. The Morgan fingerprint density at radius 2 is 1.53 bits per heavy atom. The molecule has 15 heteroatoms.